The number of carbonyl (C=O) groups excluding carboxylic acids is 1. The van der Waals surface area contributed by atoms with Gasteiger partial charge < -0.3 is 14.9 Å². The molecule has 1 unspecified atom stereocenters. The molecule has 30 heavy (non-hydrogen) atoms. The average molecular weight is 494 g/mol. The number of nitrogens with one attached hydrogen (secondary N) is 1. The summed E-state index contributed by atoms with van der Waals surface area (Å²) in [6.07, 6.45) is -0.387. The maximum Gasteiger partial charge on any atom is 0.268 e. The summed E-state index contributed by atoms with van der Waals surface area (Å²) in [5.74, 6) is -0.340. The van der Waals surface area contributed by atoms with Gasteiger partial charge in [-0.25, -0.2) is 8.42 Å². The number of ether oxygens (including phenoxy) is 1. The molecule has 1 amide bonds. The minimum absolute atomic E-state index is 0.180. The Hall–Kier alpha value is -2.27. The third-order valence-electron chi connectivity index (χ3n) is 4.85. The second kappa shape index (κ2) is 8.84. The van der Waals surface area contributed by atoms with Crippen LogP contribution in [0.15, 0.2) is 63.1 Å². The monoisotopic (exact) mass is 493 g/mol. The van der Waals surface area contributed by atoms with E-state index in [0.29, 0.717) is 44.1 Å². The predicted molar refractivity (Wildman–Crippen MR) is 115 cm³/mol. The first-order chi connectivity index (χ1) is 14.4. The molecule has 1 N–H and O–H groups in total. The molecule has 0 saturated carbocycles. The van der Waals surface area contributed by atoms with E-state index in [9.17, 15) is 13.2 Å². The van der Waals surface area contributed by atoms with Crippen molar-refractivity contribution in [3.8, 4) is 0 Å². The number of nitrogens with zero attached hydrogens (tertiary/aromatic N) is 2. The van der Waals surface area contributed by atoms with E-state index >= 15 is 0 Å². The van der Waals surface area contributed by atoms with Gasteiger partial charge in [-0.2, -0.15) is 4.31 Å². The fraction of sp³-hybridized carbons (Fsp3) is 0.300. The van der Waals surface area contributed by atoms with Gasteiger partial charge in [0.05, 0.1) is 23.8 Å². The molecule has 0 aliphatic carbocycles. The number of benzene rings is 2. The van der Waals surface area contributed by atoms with Crippen molar-refractivity contribution >= 4 is 43.3 Å². The van der Waals surface area contributed by atoms with Crippen LogP contribution in [0, 0.1) is 0 Å². The standard InChI is InChI=1S/C20H20BrN3O5S/c21-15-3-1-2-14(12-15)18-13-19(29-23-18)20(25)22-16-4-6-17(7-5-16)30(26,27)24-8-10-28-11-9-24/h1-7,12,19H,8-11,13H2,(H,22,25). The van der Waals surface area contributed by atoms with Crippen LogP contribution in [0.3, 0.4) is 0 Å². The molecule has 2 aliphatic heterocycles. The maximum atomic E-state index is 12.7. The number of halogens is 1. The van der Waals surface area contributed by atoms with E-state index in [-0.39, 0.29) is 10.8 Å². The molecule has 4 rings (SSSR count). The van der Waals surface area contributed by atoms with E-state index in [4.69, 9.17) is 9.57 Å². The zero-order valence-corrected chi connectivity index (χ0v) is 18.4. The van der Waals surface area contributed by atoms with Crippen LogP contribution >= 0.6 is 15.9 Å². The van der Waals surface area contributed by atoms with Crippen molar-refractivity contribution in [1.82, 2.24) is 4.31 Å². The summed E-state index contributed by atoms with van der Waals surface area (Å²) < 4.78 is 32.9. The van der Waals surface area contributed by atoms with Crippen LogP contribution in [0.5, 0.6) is 0 Å². The molecule has 1 atom stereocenters. The zero-order valence-electron chi connectivity index (χ0n) is 16.0. The van der Waals surface area contributed by atoms with E-state index in [1.807, 2.05) is 24.3 Å². The number of carbonyl (C=O) groups is 1. The summed E-state index contributed by atoms with van der Waals surface area (Å²) in [7, 11) is -3.57. The topological polar surface area (TPSA) is 97.3 Å². The summed E-state index contributed by atoms with van der Waals surface area (Å²) in [5, 5.41) is 6.78. The molecule has 1 saturated heterocycles. The summed E-state index contributed by atoms with van der Waals surface area (Å²) in [4.78, 5) is 18.0. The molecule has 2 aliphatic rings. The number of amides is 1. The molecule has 0 aromatic heterocycles. The Bertz CT molecular complexity index is 1070. The lowest BCUT2D eigenvalue weighted by atomic mass is 10.0. The van der Waals surface area contributed by atoms with Crippen molar-refractivity contribution < 1.29 is 22.8 Å². The van der Waals surface area contributed by atoms with Gasteiger partial charge in [0, 0.05) is 35.2 Å². The first-order valence-electron chi connectivity index (χ1n) is 9.41. The minimum atomic E-state index is -3.57. The van der Waals surface area contributed by atoms with E-state index in [2.05, 4.69) is 26.4 Å². The zero-order chi connectivity index (χ0) is 21.1. The quantitative estimate of drug-likeness (QED) is 0.690. The van der Waals surface area contributed by atoms with Crippen LogP contribution in [0.2, 0.25) is 0 Å². The number of anilines is 1. The number of morpholine rings is 1. The Kier molecular flexibility index (Phi) is 6.19. The number of sulfonamides is 1. The highest BCUT2D eigenvalue weighted by molar-refractivity contribution is 9.10. The second-order valence-corrected chi connectivity index (χ2v) is 9.73. The molecular weight excluding hydrogens is 474 g/mol. The van der Waals surface area contributed by atoms with Crippen molar-refractivity contribution in [3.05, 3.63) is 58.6 Å². The first kappa shape index (κ1) is 21.0. The Morgan fingerprint density at radius 2 is 1.87 bits per heavy atom. The molecular formula is C20H20BrN3O5S. The SMILES string of the molecule is O=C(Nc1ccc(S(=O)(=O)N2CCOCC2)cc1)C1CC(c2cccc(Br)c2)=NO1. The van der Waals surface area contributed by atoms with Crippen molar-refractivity contribution in [2.45, 2.75) is 17.4 Å². The Morgan fingerprint density at radius 3 is 2.57 bits per heavy atom. The Morgan fingerprint density at radius 1 is 1.13 bits per heavy atom. The molecule has 8 nitrogen and oxygen atoms in total. The van der Waals surface area contributed by atoms with Crippen LogP contribution in [0.1, 0.15) is 12.0 Å². The highest BCUT2D eigenvalue weighted by Gasteiger charge is 2.30. The van der Waals surface area contributed by atoms with E-state index in [1.165, 1.54) is 16.4 Å². The minimum Gasteiger partial charge on any atom is -0.382 e. The molecule has 158 valence electrons. The summed E-state index contributed by atoms with van der Waals surface area (Å²) in [5.41, 5.74) is 2.07. The van der Waals surface area contributed by atoms with Crippen molar-refractivity contribution in [3.63, 3.8) is 0 Å². The summed E-state index contributed by atoms with van der Waals surface area (Å²) in [6.45, 7) is 1.44. The van der Waals surface area contributed by atoms with Gasteiger partial charge in [-0.1, -0.05) is 33.2 Å². The summed E-state index contributed by atoms with van der Waals surface area (Å²) in [6, 6.07) is 13.7. The van der Waals surface area contributed by atoms with Crippen LogP contribution in [0.25, 0.3) is 0 Å². The lowest BCUT2D eigenvalue weighted by Gasteiger charge is -2.26. The van der Waals surface area contributed by atoms with Gasteiger partial charge in [-0.3, -0.25) is 4.79 Å². The van der Waals surface area contributed by atoms with Gasteiger partial charge in [-0.05, 0) is 36.4 Å². The first-order valence-corrected chi connectivity index (χ1v) is 11.6. The number of rotatable bonds is 5. The molecule has 10 heteroatoms. The molecule has 0 radical (unpaired) electrons. The smallest absolute Gasteiger partial charge is 0.268 e. The van der Waals surface area contributed by atoms with Crippen LogP contribution in [-0.2, 0) is 24.4 Å². The van der Waals surface area contributed by atoms with Gasteiger partial charge in [0.2, 0.25) is 16.1 Å². The highest BCUT2D eigenvalue weighted by Crippen LogP contribution is 2.22. The molecule has 1 fully saturated rings. The fourth-order valence-corrected chi connectivity index (χ4v) is 5.03. The van der Waals surface area contributed by atoms with Crippen molar-refractivity contribution in [1.29, 1.82) is 0 Å². The Labute approximate surface area is 183 Å². The highest BCUT2D eigenvalue weighted by atomic mass is 79.9. The fourth-order valence-electron chi connectivity index (χ4n) is 3.23. The van der Waals surface area contributed by atoms with Gasteiger partial charge in [-0.15, -0.1) is 0 Å². The summed E-state index contributed by atoms with van der Waals surface area (Å²) >= 11 is 3.42. The molecule has 2 aromatic rings. The maximum absolute atomic E-state index is 12.7. The van der Waals surface area contributed by atoms with Gasteiger partial charge in [0.1, 0.15) is 0 Å². The second-order valence-electron chi connectivity index (χ2n) is 6.88. The lowest BCUT2D eigenvalue weighted by molar-refractivity contribution is -0.125. The molecule has 2 aromatic carbocycles. The number of oxime groups is 1. The molecule has 0 spiro atoms. The average Bonchev–Trinajstić information content (AvgIpc) is 3.25. The van der Waals surface area contributed by atoms with Crippen molar-refractivity contribution in [2.75, 3.05) is 31.6 Å². The largest absolute Gasteiger partial charge is 0.382 e. The predicted octanol–water partition coefficient (Wildman–Crippen LogP) is 2.60. The van der Waals surface area contributed by atoms with E-state index in [0.717, 1.165) is 10.0 Å². The van der Waals surface area contributed by atoms with Gasteiger partial charge in [0.25, 0.3) is 5.91 Å². The lowest BCUT2D eigenvalue weighted by Crippen LogP contribution is -2.40. The van der Waals surface area contributed by atoms with Gasteiger partial charge in [0.15, 0.2) is 0 Å². The van der Waals surface area contributed by atoms with E-state index in [1.54, 1.807) is 12.1 Å². The van der Waals surface area contributed by atoms with Gasteiger partial charge >= 0.3 is 0 Å². The number of hydrogen-bond acceptors (Lipinski definition) is 6. The van der Waals surface area contributed by atoms with Crippen LogP contribution in [-0.4, -0.2) is 56.7 Å². The normalized spacial score (nSPS) is 19.8. The number of hydrogen-bond donors (Lipinski definition) is 1. The van der Waals surface area contributed by atoms with Crippen molar-refractivity contribution in [2.24, 2.45) is 5.16 Å². The Balaban J connectivity index is 1.37. The molecule has 2 heterocycles. The third kappa shape index (κ3) is 4.56. The van der Waals surface area contributed by atoms with Crippen LogP contribution in [0.4, 0.5) is 5.69 Å². The third-order valence-corrected chi connectivity index (χ3v) is 7.25. The van der Waals surface area contributed by atoms with Crippen LogP contribution < -0.4 is 5.32 Å². The molecule has 0 bridgehead atoms. The van der Waals surface area contributed by atoms with E-state index < -0.39 is 16.1 Å².